The summed E-state index contributed by atoms with van der Waals surface area (Å²) in [6.07, 6.45) is 0. The van der Waals surface area contributed by atoms with Crippen molar-refractivity contribution in [2.24, 2.45) is 0 Å². The van der Waals surface area contributed by atoms with E-state index in [9.17, 15) is 21.6 Å². The van der Waals surface area contributed by atoms with E-state index in [1.807, 2.05) is 0 Å². The number of hydrogen-bond donors (Lipinski definition) is 3. The van der Waals surface area contributed by atoms with Crippen molar-refractivity contribution in [3.8, 4) is 0 Å². The van der Waals surface area contributed by atoms with Crippen LogP contribution in [0.1, 0.15) is 21.5 Å². The summed E-state index contributed by atoms with van der Waals surface area (Å²) in [4.78, 5) is 14.8. The molecule has 0 radical (unpaired) electrons. The lowest BCUT2D eigenvalue weighted by Gasteiger charge is -2.39. The molecule has 0 saturated heterocycles. The van der Waals surface area contributed by atoms with Gasteiger partial charge in [-0.25, -0.2) is 22.3 Å². The third kappa shape index (κ3) is 4.78. The third-order valence-electron chi connectivity index (χ3n) is 5.34. The van der Waals surface area contributed by atoms with Crippen LogP contribution in [0.25, 0.3) is 0 Å². The maximum Gasteiger partial charge on any atom is 0.253 e. The monoisotopic (exact) mass is 551 g/mol. The van der Waals surface area contributed by atoms with Crippen LogP contribution >= 0.6 is 23.2 Å². The second-order valence-electron chi connectivity index (χ2n) is 7.71. The average Bonchev–Trinajstić information content (AvgIpc) is 2.85. The Balaban J connectivity index is 1.86. The molecule has 12 heteroatoms. The second-order valence-corrected chi connectivity index (χ2v) is 11.8. The molecule has 35 heavy (non-hydrogen) atoms. The largest absolute Gasteiger partial charge is 0.288 e. The van der Waals surface area contributed by atoms with E-state index in [1.165, 1.54) is 48.5 Å². The first-order chi connectivity index (χ1) is 16.5. The molecule has 1 aliphatic carbocycles. The van der Waals surface area contributed by atoms with Crippen LogP contribution in [0, 0.1) is 6.92 Å². The van der Waals surface area contributed by atoms with Crippen LogP contribution in [0.5, 0.6) is 0 Å². The Morgan fingerprint density at radius 3 is 1.97 bits per heavy atom. The number of benzene rings is 3. The van der Waals surface area contributed by atoms with Crippen molar-refractivity contribution in [3.05, 3.63) is 106 Å². The Bertz CT molecular complexity index is 1540. The summed E-state index contributed by atoms with van der Waals surface area (Å²) < 4.78 is 55.1. The molecule has 4 rings (SSSR count). The van der Waals surface area contributed by atoms with Gasteiger partial charge in [0.05, 0.1) is 14.8 Å². The summed E-state index contributed by atoms with van der Waals surface area (Å²) in [6, 6.07) is 19.4. The number of hydrazine groups is 1. The van der Waals surface area contributed by atoms with Gasteiger partial charge in [0.1, 0.15) is 5.03 Å². The highest BCUT2D eigenvalue weighted by Crippen LogP contribution is 2.42. The van der Waals surface area contributed by atoms with Crippen LogP contribution in [-0.2, 0) is 25.7 Å². The zero-order valence-corrected chi connectivity index (χ0v) is 21.3. The van der Waals surface area contributed by atoms with E-state index < -0.39 is 41.6 Å². The van der Waals surface area contributed by atoms with Gasteiger partial charge in [0.15, 0.2) is 5.66 Å². The number of fused-ring (bicyclic) bond motifs is 1. The fourth-order valence-corrected chi connectivity index (χ4v) is 6.32. The maximum absolute atomic E-state index is 13.3. The number of carbonyl (C=O) groups is 1. The first-order valence-electron chi connectivity index (χ1n) is 10.1. The molecule has 1 aliphatic rings. The molecule has 8 nitrogen and oxygen atoms in total. The number of halogens is 2. The predicted octanol–water partition coefficient (Wildman–Crippen LogP) is 3.49. The Morgan fingerprint density at radius 1 is 0.743 bits per heavy atom. The average molecular weight is 552 g/mol. The molecule has 0 amide bonds. The molecular weight excluding hydrogens is 533 g/mol. The first-order valence-corrected chi connectivity index (χ1v) is 13.8. The lowest BCUT2D eigenvalue weighted by molar-refractivity contribution is 0.103. The number of Topliss-reactive ketones (excluding diaryl/α,β-unsaturated/α-hetero) is 1. The highest BCUT2D eigenvalue weighted by molar-refractivity contribution is 7.89. The van der Waals surface area contributed by atoms with Crippen molar-refractivity contribution < 1.29 is 21.6 Å². The normalized spacial score (nSPS) is 18.4. The van der Waals surface area contributed by atoms with E-state index in [0.29, 0.717) is 0 Å². The van der Waals surface area contributed by atoms with Gasteiger partial charge in [-0.1, -0.05) is 83.4 Å². The smallest absolute Gasteiger partial charge is 0.253 e. The summed E-state index contributed by atoms with van der Waals surface area (Å²) in [5.74, 6) is -0.634. The zero-order valence-electron chi connectivity index (χ0n) is 18.1. The molecule has 0 aromatic heterocycles. The Labute approximate surface area is 213 Å². The SMILES string of the molecule is Cc1ccc(S(=O)(=O)NNC2(NS(=O)(=O)c3ccccc3)C(Cl)=C(Cl)C(=O)c3ccccc32)cc1. The molecular formula is C23H19Cl2N3O5S2. The molecule has 3 N–H and O–H groups in total. The number of ketones is 1. The van der Waals surface area contributed by atoms with Crippen molar-refractivity contribution in [3.63, 3.8) is 0 Å². The second kappa shape index (κ2) is 9.47. The highest BCUT2D eigenvalue weighted by Gasteiger charge is 2.48. The van der Waals surface area contributed by atoms with E-state index in [-0.39, 0.29) is 20.9 Å². The minimum Gasteiger partial charge on any atom is -0.288 e. The van der Waals surface area contributed by atoms with Gasteiger partial charge in [-0.05, 0) is 31.2 Å². The van der Waals surface area contributed by atoms with Gasteiger partial charge in [0, 0.05) is 11.1 Å². The Kier molecular flexibility index (Phi) is 6.91. The molecule has 1 atom stereocenters. The van der Waals surface area contributed by atoms with E-state index in [4.69, 9.17) is 23.2 Å². The van der Waals surface area contributed by atoms with E-state index in [0.717, 1.165) is 5.56 Å². The van der Waals surface area contributed by atoms with Crippen LogP contribution in [0.4, 0.5) is 0 Å². The van der Waals surface area contributed by atoms with Crippen molar-refractivity contribution in [1.29, 1.82) is 0 Å². The number of nitrogens with one attached hydrogen (secondary N) is 3. The van der Waals surface area contributed by atoms with Gasteiger partial charge in [-0.2, -0.15) is 4.72 Å². The minimum atomic E-state index is -4.31. The lowest BCUT2D eigenvalue weighted by Crippen LogP contribution is -2.63. The molecule has 0 saturated carbocycles. The molecule has 0 fully saturated rings. The number of sulfonamides is 2. The van der Waals surface area contributed by atoms with Crippen LogP contribution in [0.2, 0.25) is 0 Å². The van der Waals surface area contributed by atoms with Crippen molar-refractivity contribution in [2.75, 3.05) is 0 Å². The number of hydrogen-bond acceptors (Lipinski definition) is 6. The van der Waals surface area contributed by atoms with E-state index in [2.05, 4.69) is 15.0 Å². The summed E-state index contributed by atoms with van der Waals surface area (Å²) in [6.45, 7) is 1.80. The van der Waals surface area contributed by atoms with Gasteiger partial charge in [-0.3, -0.25) is 4.79 Å². The summed E-state index contributed by atoms with van der Waals surface area (Å²) in [5, 5.41) is -0.919. The van der Waals surface area contributed by atoms with Crippen LogP contribution in [0.3, 0.4) is 0 Å². The molecule has 0 aliphatic heterocycles. The fourth-order valence-electron chi connectivity index (χ4n) is 3.54. The van der Waals surface area contributed by atoms with E-state index >= 15 is 0 Å². The number of allylic oxidation sites excluding steroid dienone is 1. The fraction of sp³-hybridized carbons (Fsp3) is 0.0870. The van der Waals surface area contributed by atoms with Gasteiger partial charge < -0.3 is 0 Å². The predicted molar refractivity (Wildman–Crippen MR) is 133 cm³/mol. The molecule has 182 valence electrons. The standard InChI is InChI=1S/C23H19Cl2N3O5S2/c1-15-11-13-17(14-12-15)35(32,33)28-26-23(27-34(30,31)16-7-3-2-4-8-16)19-10-6-5-9-18(19)21(29)20(24)22(23)25/h2-14,26-28H,1H3. The van der Waals surface area contributed by atoms with Crippen molar-refractivity contribution in [1.82, 2.24) is 15.0 Å². The van der Waals surface area contributed by atoms with Gasteiger partial charge in [-0.15, -0.1) is 4.83 Å². The molecule has 0 spiro atoms. The third-order valence-corrected chi connectivity index (χ3v) is 9.00. The molecule has 1 unspecified atom stereocenters. The van der Waals surface area contributed by atoms with Gasteiger partial charge in [0.25, 0.3) is 10.0 Å². The van der Waals surface area contributed by atoms with Gasteiger partial charge >= 0.3 is 0 Å². The number of carbonyl (C=O) groups excluding carboxylic acids is 1. The number of rotatable bonds is 7. The maximum atomic E-state index is 13.3. The zero-order chi connectivity index (χ0) is 25.4. The lowest BCUT2D eigenvalue weighted by atomic mass is 9.87. The molecule has 3 aromatic rings. The minimum absolute atomic E-state index is 0.0414. The topological polar surface area (TPSA) is 121 Å². The Hall–Kier alpha value is -2.57. The van der Waals surface area contributed by atoms with E-state index in [1.54, 1.807) is 37.3 Å². The van der Waals surface area contributed by atoms with Crippen molar-refractivity contribution >= 4 is 49.0 Å². The van der Waals surface area contributed by atoms with Crippen LogP contribution < -0.4 is 15.0 Å². The first kappa shape index (κ1) is 25.5. The van der Waals surface area contributed by atoms with Gasteiger partial charge in [0.2, 0.25) is 15.8 Å². The number of aryl methyl sites for hydroxylation is 1. The summed E-state index contributed by atoms with van der Waals surface area (Å²) in [7, 11) is -8.51. The summed E-state index contributed by atoms with van der Waals surface area (Å²) >= 11 is 12.7. The highest BCUT2D eigenvalue weighted by atomic mass is 35.5. The van der Waals surface area contributed by atoms with Crippen LogP contribution in [0.15, 0.2) is 98.7 Å². The summed E-state index contributed by atoms with van der Waals surface area (Å²) in [5.41, 5.74) is 1.32. The quantitative estimate of drug-likeness (QED) is 0.305. The molecule has 0 bridgehead atoms. The van der Waals surface area contributed by atoms with Crippen molar-refractivity contribution in [2.45, 2.75) is 22.4 Å². The van der Waals surface area contributed by atoms with Crippen LogP contribution in [-0.4, -0.2) is 22.6 Å². The molecule has 3 aromatic carbocycles. The Morgan fingerprint density at radius 2 is 1.31 bits per heavy atom. The molecule has 0 heterocycles.